The molecular weight excluding hydrogens is 369 g/mol. The first-order chi connectivity index (χ1) is 14.0. The maximum absolute atomic E-state index is 12.9. The number of para-hydroxylation sites is 1. The minimum Gasteiger partial charge on any atom is -0.489 e. The van der Waals surface area contributed by atoms with Crippen LogP contribution in [0.3, 0.4) is 0 Å². The van der Waals surface area contributed by atoms with E-state index >= 15 is 0 Å². The molecular formula is C24H24FNO3. The Balaban J connectivity index is 1.46. The molecule has 0 heterocycles. The first-order valence-corrected chi connectivity index (χ1v) is 9.47. The number of nitrogens with one attached hydrogen (secondary N) is 1. The fourth-order valence-corrected chi connectivity index (χ4v) is 2.72. The second kappa shape index (κ2) is 9.73. The molecule has 4 nitrogen and oxygen atoms in total. The molecule has 150 valence electrons. The van der Waals surface area contributed by atoms with E-state index in [4.69, 9.17) is 9.47 Å². The Labute approximate surface area is 170 Å². The van der Waals surface area contributed by atoms with Crippen molar-refractivity contribution in [3.8, 4) is 11.5 Å². The molecule has 0 aliphatic carbocycles. The standard InChI is InChI=1S/C24H24FNO3/c1-17-5-3-4-6-23(17)29-18(2)24(27)26-15-19-9-13-22(14-10-19)28-16-20-7-11-21(25)12-8-20/h3-14,18H,15-16H2,1-2H3,(H,26,27)/t18-/m1/s1. The summed E-state index contributed by atoms with van der Waals surface area (Å²) in [5.41, 5.74) is 2.84. The van der Waals surface area contributed by atoms with Crippen molar-refractivity contribution in [3.05, 3.63) is 95.3 Å². The van der Waals surface area contributed by atoms with Crippen LogP contribution in [0.25, 0.3) is 0 Å². The third-order valence-electron chi connectivity index (χ3n) is 4.48. The van der Waals surface area contributed by atoms with Gasteiger partial charge >= 0.3 is 0 Å². The molecule has 0 saturated carbocycles. The SMILES string of the molecule is Cc1ccccc1O[C@H](C)C(=O)NCc1ccc(OCc2ccc(F)cc2)cc1. The van der Waals surface area contributed by atoms with E-state index in [-0.39, 0.29) is 11.7 Å². The molecule has 1 amide bonds. The van der Waals surface area contributed by atoms with Crippen LogP contribution in [-0.4, -0.2) is 12.0 Å². The van der Waals surface area contributed by atoms with Gasteiger partial charge in [-0.15, -0.1) is 0 Å². The van der Waals surface area contributed by atoms with Crippen molar-refractivity contribution < 1.29 is 18.7 Å². The number of amides is 1. The second-order valence-electron chi connectivity index (χ2n) is 6.80. The quantitative estimate of drug-likeness (QED) is 0.598. The van der Waals surface area contributed by atoms with Gasteiger partial charge in [0, 0.05) is 6.54 Å². The first kappa shape index (κ1) is 20.4. The zero-order chi connectivity index (χ0) is 20.6. The Morgan fingerprint density at radius 1 is 0.966 bits per heavy atom. The number of hydrogen-bond donors (Lipinski definition) is 1. The van der Waals surface area contributed by atoms with Crippen molar-refractivity contribution >= 4 is 5.91 Å². The summed E-state index contributed by atoms with van der Waals surface area (Å²) >= 11 is 0. The fourth-order valence-electron chi connectivity index (χ4n) is 2.72. The smallest absolute Gasteiger partial charge is 0.261 e. The number of ether oxygens (including phenoxy) is 2. The Hall–Kier alpha value is -3.34. The van der Waals surface area contributed by atoms with Gasteiger partial charge in [0.15, 0.2) is 6.10 Å². The summed E-state index contributed by atoms with van der Waals surface area (Å²) in [5.74, 6) is 0.974. The number of benzene rings is 3. The Morgan fingerprint density at radius 2 is 1.62 bits per heavy atom. The van der Waals surface area contributed by atoms with Crippen LogP contribution < -0.4 is 14.8 Å². The van der Waals surface area contributed by atoms with Crippen molar-refractivity contribution in [2.75, 3.05) is 0 Å². The maximum atomic E-state index is 12.9. The van der Waals surface area contributed by atoms with Crippen molar-refractivity contribution in [2.24, 2.45) is 0 Å². The fraction of sp³-hybridized carbons (Fsp3) is 0.208. The average Bonchev–Trinajstić information content (AvgIpc) is 2.74. The Morgan fingerprint density at radius 3 is 2.31 bits per heavy atom. The summed E-state index contributed by atoms with van der Waals surface area (Å²) < 4.78 is 24.4. The van der Waals surface area contributed by atoms with Crippen LogP contribution >= 0.6 is 0 Å². The molecule has 0 aliphatic heterocycles. The van der Waals surface area contributed by atoms with E-state index in [1.807, 2.05) is 55.5 Å². The van der Waals surface area contributed by atoms with Gasteiger partial charge in [0.25, 0.3) is 5.91 Å². The van der Waals surface area contributed by atoms with Gasteiger partial charge < -0.3 is 14.8 Å². The molecule has 1 N–H and O–H groups in total. The summed E-state index contributed by atoms with van der Waals surface area (Å²) in [5, 5.41) is 2.88. The average molecular weight is 393 g/mol. The molecule has 1 atom stereocenters. The topological polar surface area (TPSA) is 47.6 Å². The van der Waals surface area contributed by atoms with E-state index in [1.54, 1.807) is 19.1 Å². The predicted molar refractivity (Wildman–Crippen MR) is 110 cm³/mol. The zero-order valence-electron chi connectivity index (χ0n) is 16.5. The lowest BCUT2D eigenvalue weighted by molar-refractivity contribution is -0.127. The van der Waals surface area contributed by atoms with Crippen LogP contribution in [0.5, 0.6) is 11.5 Å². The number of halogens is 1. The zero-order valence-corrected chi connectivity index (χ0v) is 16.5. The van der Waals surface area contributed by atoms with E-state index in [9.17, 15) is 9.18 Å². The van der Waals surface area contributed by atoms with Gasteiger partial charge in [-0.3, -0.25) is 4.79 Å². The first-order valence-electron chi connectivity index (χ1n) is 9.47. The summed E-state index contributed by atoms with van der Waals surface area (Å²) in [7, 11) is 0. The van der Waals surface area contributed by atoms with Crippen molar-refractivity contribution in [3.63, 3.8) is 0 Å². The molecule has 0 radical (unpaired) electrons. The highest BCUT2D eigenvalue weighted by Crippen LogP contribution is 2.18. The summed E-state index contributed by atoms with van der Waals surface area (Å²) in [6.07, 6.45) is -0.589. The van der Waals surface area contributed by atoms with Crippen molar-refractivity contribution in [2.45, 2.75) is 33.1 Å². The molecule has 0 unspecified atom stereocenters. The highest BCUT2D eigenvalue weighted by Gasteiger charge is 2.15. The highest BCUT2D eigenvalue weighted by atomic mass is 19.1. The summed E-state index contributed by atoms with van der Waals surface area (Å²) in [6.45, 7) is 4.44. The molecule has 0 spiro atoms. The molecule has 29 heavy (non-hydrogen) atoms. The van der Waals surface area contributed by atoms with Crippen LogP contribution in [0, 0.1) is 12.7 Å². The Bertz CT molecular complexity index is 939. The highest BCUT2D eigenvalue weighted by molar-refractivity contribution is 5.80. The van der Waals surface area contributed by atoms with Crippen LogP contribution in [0.15, 0.2) is 72.8 Å². The van der Waals surface area contributed by atoms with Crippen LogP contribution in [-0.2, 0) is 17.9 Å². The lowest BCUT2D eigenvalue weighted by Gasteiger charge is -2.16. The van der Waals surface area contributed by atoms with E-state index in [2.05, 4.69) is 5.32 Å². The van der Waals surface area contributed by atoms with Gasteiger partial charge in [-0.1, -0.05) is 42.5 Å². The van der Waals surface area contributed by atoms with Gasteiger partial charge in [0.05, 0.1) is 0 Å². The van der Waals surface area contributed by atoms with E-state index < -0.39 is 6.10 Å². The van der Waals surface area contributed by atoms with Crippen LogP contribution in [0.1, 0.15) is 23.6 Å². The largest absolute Gasteiger partial charge is 0.489 e. The van der Waals surface area contributed by atoms with Crippen molar-refractivity contribution in [1.29, 1.82) is 0 Å². The molecule has 3 rings (SSSR count). The maximum Gasteiger partial charge on any atom is 0.261 e. The molecule has 0 aliphatic rings. The summed E-state index contributed by atoms with van der Waals surface area (Å²) in [4.78, 5) is 12.3. The molecule has 3 aromatic carbocycles. The van der Waals surface area contributed by atoms with Crippen LogP contribution in [0.2, 0.25) is 0 Å². The lowest BCUT2D eigenvalue weighted by Crippen LogP contribution is -2.36. The number of aryl methyl sites for hydroxylation is 1. The monoisotopic (exact) mass is 393 g/mol. The molecule has 0 bridgehead atoms. The lowest BCUT2D eigenvalue weighted by atomic mass is 10.2. The van der Waals surface area contributed by atoms with Crippen LogP contribution in [0.4, 0.5) is 4.39 Å². The van der Waals surface area contributed by atoms with Crippen molar-refractivity contribution in [1.82, 2.24) is 5.32 Å². The normalized spacial score (nSPS) is 11.6. The molecule has 5 heteroatoms. The molecule has 0 fully saturated rings. The summed E-state index contributed by atoms with van der Waals surface area (Å²) in [6, 6.07) is 21.3. The molecule has 0 saturated heterocycles. The van der Waals surface area contributed by atoms with Gasteiger partial charge in [-0.05, 0) is 60.9 Å². The van der Waals surface area contributed by atoms with E-state index in [0.29, 0.717) is 24.7 Å². The van der Waals surface area contributed by atoms with Gasteiger partial charge in [-0.25, -0.2) is 4.39 Å². The van der Waals surface area contributed by atoms with E-state index in [0.717, 1.165) is 16.7 Å². The number of rotatable bonds is 8. The van der Waals surface area contributed by atoms with E-state index in [1.165, 1.54) is 12.1 Å². The minimum absolute atomic E-state index is 0.176. The molecule has 0 aromatic heterocycles. The van der Waals surface area contributed by atoms with Gasteiger partial charge in [-0.2, -0.15) is 0 Å². The third-order valence-corrected chi connectivity index (χ3v) is 4.48. The number of carbonyl (C=O) groups is 1. The Kier molecular flexibility index (Phi) is 6.85. The second-order valence-corrected chi connectivity index (χ2v) is 6.80. The van der Waals surface area contributed by atoms with Gasteiger partial charge in [0.1, 0.15) is 23.9 Å². The number of hydrogen-bond acceptors (Lipinski definition) is 3. The third kappa shape index (κ3) is 6.07. The minimum atomic E-state index is -0.589. The van der Waals surface area contributed by atoms with Gasteiger partial charge in [0.2, 0.25) is 0 Å². The predicted octanol–water partition coefficient (Wildman–Crippen LogP) is 4.80. The number of carbonyl (C=O) groups excluding carboxylic acids is 1. The molecule has 3 aromatic rings.